The van der Waals surface area contributed by atoms with Gasteiger partial charge in [0.05, 0.1) is 6.04 Å². The van der Waals surface area contributed by atoms with Crippen molar-refractivity contribution in [1.82, 2.24) is 25.2 Å². The van der Waals surface area contributed by atoms with E-state index >= 15 is 0 Å². The molecule has 0 fully saturated rings. The lowest BCUT2D eigenvalue weighted by molar-refractivity contribution is 0.681. The van der Waals surface area contributed by atoms with Gasteiger partial charge in [0.25, 0.3) is 0 Å². The molecule has 0 bridgehead atoms. The van der Waals surface area contributed by atoms with E-state index in [1.54, 1.807) is 0 Å². The smallest absolute Gasteiger partial charge is 0.191 e. The second kappa shape index (κ2) is 10.9. The molecule has 0 aliphatic rings. The van der Waals surface area contributed by atoms with Gasteiger partial charge in [0, 0.05) is 25.7 Å². The lowest BCUT2D eigenvalue weighted by Crippen LogP contribution is -2.38. The molecule has 0 radical (unpaired) electrons. The zero-order valence-electron chi connectivity index (χ0n) is 15.8. The summed E-state index contributed by atoms with van der Waals surface area (Å²) in [5.74, 6) is 1.82. The van der Waals surface area contributed by atoms with E-state index < -0.39 is 0 Å². The molecule has 2 aromatic heterocycles. The van der Waals surface area contributed by atoms with Crippen molar-refractivity contribution in [3.63, 3.8) is 0 Å². The third-order valence-electron chi connectivity index (χ3n) is 4.21. The molecule has 0 saturated carbocycles. The molecule has 0 aliphatic heterocycles. The summed E-state index contributed by atoms with van der Waals surface area (Å²) in [6.45, 7) is 5.79. The Kier molecular flexibility index (Phi) is 8.50. The van der Waals surface area contributed by atoms with Crippen LogP contribution in [0.3, 0.4) is 0 Å². The molecule has 0 aliphatic carbocycles. The summed E-state index contributed by atoms with van der Waals surface area (Å²) in [6.07, 6.45) is 3.77. The third kappa shape index (κ3) is 5.92. The fourth-order valence-corrected chi connectivity index (χ4v) is 2.84. The van der Waals surface area contributed by atoms with Gasteiger partial charge < -0.3 is 10.6 Å². The van der Waals surface area contributed by atoms with Crippen LogP contribution in [0.25, 0.3) is 5.65 Å². The van der Waals surface area contributed by atoms with Gasteiger partial charge in [-0.1, -0.05) is 36.4 Å². The zero-order chi connectivity index (χ0) is 18.2. The maximum atomic E-state index is 4.70. The number of fused-ring (bicyclic) bond motifs is 1. The summed E-state index contributed by atoms with van der Waals surface area (Å²) < 4.78 is 2.03. The van der Waals surface area contributed by atoms with Crippen LogP contribution >= 0.6 is 24.0 Å². The second-order valence-corrected chi connectivity index (χ2v) is 6.19. The number of hydrogen-bond donors (Lipinski definition) is 2. The summed E-state index contributed by atoms with van der Waals surface area (Å²) in [5, 5.41) is 15.2. The molecule has 1 atom stereocenters. The van der Waals surface area contributed by atoms with E-state index in [-0.39, 0.29) is 30.0 Å². The molecule has 0 saturated heterocycles. The maximum Gasteiger partial charge on any atom is 0.191 e. The standard InChI is InChI=1S/C20H26N6.HI/c1-3-21-20(23-16(2)17-10-5-4-6-11-17)22-14-9-13-19-25-24-18-12-7-8-15-26(18)19;/h4-8,10-12,15-16H,3,9,13-14H2,1-2H3,(H2,21,22,23);1H. The van der Waals surface area contributed by atoms with Crippen molar-refractivity contribution < 1.29 is 0 Å². The molecule has 3 rings (SSSR count). The Morgan fingerprint density at radius 3 is 2.67 bits per heavy atom. The first-order chi connectivity index (χ1) is 12.8. The highest BCUT2D eigenvalue weighted by Gasteiger charge is 2.07. The van der Waals surface area contributed by atoms with Crippen LogP contribution in [-0.4, -0.2) is 33.6 Å². The number of nitrogens with zero attached hydrogens (tertiary/aromatic N) is 4. The number of pyridine rings is 1. The summed E-state index contributed by atoms with van der Waals surface area (Å²) in [4.78, 5) is 4.70. The molecule has 27 heavy (non-hydrogen) atoms. The van der Waals surface area contributed by atoms with Gasteiger partial charge >= 0.3 is 0 Å². The molecule has 144 valence electrons. The van der Waals surface area contributed by atoms with Gasteiger partial charge in [-0.15, -0.1) is 34.2 Å². The molecular weight excluding hydrogens is 451 g/mol. The third-order valence-corrected chi connectivity index (χ3v) is 4.21. The minimum atomic E-state index is 0. The average molecular weight is 478 g/mol. The summed E-state index contributed by atoms with van der Waals surface area (Å²) >= 11 is 0. The van der Waals surface area contributed by atoms with Crippen LogP contribution in [0.5, 0.6) is 0 Å². The zero-order valence-corrected chi connectivity index (χ0v) is 18.1. The number of aryl methyl sites for hydroxylation is 1. The van der Waals surface area contributed by atoms with Crippen molar-refractivity contribution in [1.29, 1.82) is 0 Å². The second-order valence-electron chi connectivity index (χ2n) is 6.19. The number of aromatic nitrogens is 3. The van der Waals surface area contributed by atoms with E-state index in [9.17, 15) is 0 Å². The number of benzene rings is 1. The quantitative estimate of drug-likeness (QED) is 0.236. The van der Waals surface area contributed by atoms with Gasteiger partial charge in [-0.3, -0.25) is 9.39 Å². The Morgan fingerprint density at radius 2 is 1.89 bits per heavy atom. The van der Waals surface area contributed by atoms with Gasteiger partial charge in [-0.05, 0) is 38.0 Å². The Labute approximate surface area is 177 Å². The van der Waals surface area contributed by atoms with Gasteiger partial charge in [-0.25, -0.2) is 0 Å². The van der Waals surface area contributed by atoms with Crippen LogP contribution in [0.4, 0.5) is 0 Å². The van der Waals surface area contributed by atoms with Crippen LogP contribution in [0.2, 0.25) is 0 Å². The van der Waals surface area contributed by atoms with Crippen LogP contribution in [0, 0.1) is 0 Å². The topological polar surface area (TPSA) is 66.6 Å². The lowest BCUT2D eigenvalue weighted by atomic mass is 10.1. The number of guanidine groups is 1. The summed E-state index contributed by atoms with van der Waals surface area (Å²) in [7, 11) is 0. The van der Waals surface area contributed by atoms with Gasteiger partial charge in [0.2, 0.25) is 0 Å². The van der Waals surface area contributed by atoms with E-state index in [1.807, 2.05) is 34.9 Å². The number of nitrogens with one attached hydrogen (secondary N) is 2. The predicted octanol–water partition coefficient (Wildman–Crippen LogP) is 3.60. The van der Waals surface area contributed by atoms with Crippen LogP contribution in [-0.2, 0) is 6.42 Å². The van der Waals surface area contributed by atoms with Crippen molar-refractivity contribution >= 4 is 35.6 Å². The maximum absolute atomic E-state index is 4.70. The first-order valence-corrected chi connectivity index (χ1v) is 9.16. The van der Waals surface area contributed by atoms with E-state index in [2.05, 4.69) is 58.9 Å². The minimum Gasteiger partial charge on any atom is -0.357 e. The lowest BCUT2D eigenvalue weighted by Gasteiger charge is -2.18. The van der Waals surface area contributed by atoms with Crippen molar-refractivity contribution in [3.05, 3.63) is 66.1 Å². The number of halogens is 1. The normalized spacial score (nSPS) is 12.4. The molecule has 3 aromatic rings. The van der Waals surface area contributed by atoms with E-state index in [0.29, 0.717) is 0 Å². The SMILES string of the molecule is CCNC(=NCCCc1nnc2ccccn12)NC(C)c1ccccc1.I. The summed E-state index contributed by atoms with van der Waals surface area (Å²) in [5.41, 5.74) is 2.13. The number of hydrogen-bond acceptors (Lipinski definition) is 3. The minimum absolute atomic E-state index is 0. The summed E-state index contributed by atoms with van der Waals surface area (Å²) in [6, 6.07) is 16.5. The van der Waals surface area contributed by atoms with E-state index in [4.69, 9.17) is 4.99 Å². The van der Waals surface area contributed by atoms with Crippen molar-refractivity contribution in [2.75, 3.05) is 13.1 Å². The molecule has 2 N–H and O–H groups in total. The molecule has 0 amide bonds. The van der Waals surface area contributed by atoms with Gasteiger partial charge in [0.15, 0.2) is 11.6 Å². The Balaban J connectivity index is 0.00000261. The fraction of sp³-hybridized carbons (Fsp3) is 0.350. The molecule has 0 spiro atoms. The van der Waals surface area contributed by atoms with Crippen molar-refractivity contribution in [3.8, 4) is 0 Å². The average Bonchev–Trinajstić information content (AvgIpc) is 3.09. The highest BCUT2D eigenvalue weighted by molar-refractivity contribution is 14.0. The van der Waals surface area contributed by atoms with Crippen LogP contribution < -0.4 is 10.6 Å². The Bertz CT molecular complexity index is 846. The molecule has 7 heteroatoms. The van der Waals surface area contributed by atoms with Crippen LogP contribution in [0.1, 0.15) is 37.7 Å². The van der Waals surface area contributed by atoms with Crippen LogP contribution in [0.15, 0.2) is 59.7 Å². The molecule has 6 nitrogen and oxygen atoms in total. The number of rotatable bonds is 7. The first-order valence-electron chi connectivity index (χ1n) is 9.16. The predicted molar refractivity (Wildman–Crippen MR) is 121 cm³/mol. The van der Waals surface area contributed by atoms with Crippen molar-refractivity contribution in [2.24, 2.45) is 4.99 Å². The monoisotopic (exact) mass is 478 g/mol. The largest absolute Gasteiger partial charge is 0.357 e. The first kappa shape index (κ1) is 21.1. The van der Waals surface area contributed by atoms with E-state index in [0.717, 1.165) is 43.4 Å². The molecule has 1 unspecified atom stereocenters. The number of aliphatic imine (C=N–C) groups is 1. The molecular formula is C20H27IN6. The fourth-order valence-electron chi connectivity index (χ4n) is 2.84. The highest BCUT2D eigenvalue weighted by Crippen LogP contribution is 2.11. The van der Waals surface area contributed by atoms with E-state index in [1.165, 1.54) is 5.56 Å². The van der Waals surface area contributed by atoms with Crippen molar-refractivity contribution in [2.45, 2.75) is 32.7 Å². The van der Waals surface area contributed by atoms with Gasteiger partial charge in [-0.2, -0.15) is 0 Å². The molecule has 2 heterocycles. The van der Waals surface area contributed by atoms with Gasteiger partial charge in [0.1, 0.15) is 5.82 Å². The Morgan fingerprint density at radius 1 is 1.11 bits per heavy atom. The molecule has 1 aromatic carbocycles. The highest BCUT2D eigenvalue weighted by atomic mass is 127. The Hall–Kier alpha value is -2.16.